The molecule has 0 saturated heterocycles. The zero-order chi connectivity index (χ0) is 24.1. The van der Waals surface area contributed by atoms with Crippen molar-refractivity contribution in [1.82, 2.24) is 14.9 Å². The van der Waals surface area contributed by atoms with E-state index in [4.69, 9.17) is 40.6 Å². The number of H-pyrrole nitrogens is 1. The number of amides is 1. The molecule has 0 aliphatic carbocycles. The fourth-order valence-electron chi connectivity index (χ4n) is 3.18. The number of aromatic nitrogens is 3. The van der Waals surface area contributed by atoms with Crippen LogP contribution in [0.5, 0.6) is 34.5 Å². The highest BCUT2D eigenvalue weighted by Crippen LogP contribution is 2.41. The number of carbonyl (C=O) groups excluding carboxylic acids is 1. The lowest BCUT2D eigenvalue weighted by Gasteiger charge is -2.16. The van der Waals surface area contributed by atoms with Crippen LogP contribution in [0.25, 0.3) is 11.4 Å². The van der Waals surface area contributed by atoms with Crippen LogP contribution in [0.3, 0.4) is 0 Å². The molecule has 0 spiro atoms. The lowest BCUT2D eigenvalue weighted by Crippen LogP contribution is -2.24. The Kier molecular flexibility index (Phi) is 7.28. The molecular weight excluding hydrogens is 452 g/mol. The highest BCUT2D eigenvalue weighted by molar-refractivity contribution is 7.71. The van der Waals surface area contributed by atoms with E-state index in [2.05, 4.69) is 15.6 Å². The lowest BCUT2D eigenvalue weighted by molar-refractivity contribution is 0.101. The van der Waals surface area contributed by atoms with Gasteiger partial charge in [-0.15, -0.1) is 0 Å². The first-order valence-corrected chi connectivity index (χ1v) is 9.92. The average molecular weight is 477 g/mol. The van der Waals surface area contributed by atoms with Gasteiger partial charge in [-0.05, 0) is 36.5 Å². The number of hydrogen-bond acceptors (Lipinski definition) is 9. The van der Waals surface area contributed by atoms with Crippen molar-refractivity contribution in [3.63, 3.8) is 0 Å². The topological polar surface area (TPSA) is 118 Å². The SMILES string of the molecule is COc1cc(C(=O)Nn2c(-c3cc(OC)c(OC)c(OC)c3)n[nH]c2=S)cc(OC)c1OC. The molecule has 12 heteroatoms. The molecule has 3 aromatic rings. The van der Waals surface area contributed by atoms with Gasteiger partial charge in [0, 0.05) is 11.1 Å². The maximum Gasteiger partial charge on any atom is 0.270 e. The molecule has 0 radical (unpaired) electrons. The van der Waals surface area contributed by atoms with Crippen molar-refractivity contribution in [3.05, 3.63) is 34.6 Å². The molecule has 0 aliphatic rings. The third kappa shape index (κ3) is 4.51. The summed E-state index contributed by atoms with van der Waals surface area (Å²) in [5, 5.41) is 6.92. The summed E-state index contributed by atoms with van der Waals surface area (Å²) in [4.78, 5) is 13.1. The predicted molar refractivity (Wildman–Crippen MR) is 122 cm³/mol. The Bertz CT molecular complexity index is 1170. The molecule has 176 valence electrons. The summed E-state index contributed by atoms with van der Waals surface area (Å²) in [7, 11) is 8.93. The van der Waals surface area contributed by atoms with E-state index in [-0.39, 0.29) is 10.3 Å². The Hall–Kier alpha value is -3.93. The first-order valence-electron chi connectivity index (χ1n) is 9.51. The molecular formula is C21H24N4O7S. The first-order chi connectivity index (χ1) is 15.9. The maximum absolute atomic E-state index is 13.1. The summed E-state index contributed by atoms with van der Waals surface area (Å²) in [5.74, 6) is 2.14. The molecule has 0 aliphatic heterocycles. The van der Waals surface area contributed by atoms with Crippen molar-refractivity contribution in [1.29, 1.82) is 0 Å². The van der Waals surface area contributed by atoms with E-state index in [1.54, 1.807) is 12.1 Å². The Labute approximate surface area is 195 Å². The van der Waals surface area contributed by atoms with Gasteiger partial charge >= 0.3 is 0 Å². The largest absolute Gasteiger partial charge is 0.493 e. The summed E-state index contributed by atoms with van der Waals surface area (Å²) in [6, 6.07) is 6.43. The van der Waals surface area contributed by atoms with Crippen LogP contribution in [0.15, 0.2) is 24.3 Å². The number of rotatable bonds is 9. The van der Waals surface area contributed by atoms with E-state index < -0.39 is 5.91 Å². The fraction of sp³-hybridized carbons (Fsp3) is 0.286. The zero-order valence-corrected chi connectivity index (χ0v) is 19.8. The van der Waals surface area contributed by atoms with Gasteiger partial charge in [0.15, 0.2) is 28.8 Å². The summed E-state index contributed by atoms with van der Waals surface area (Å²) in [5.41, 5.74) is 3.54. The second-order valence-electron chi connectivity index (χ2n) is 6.46. The summed E-state index contributed by atoms with van der Waals surface area (Å²) in [6.07, 6.45) is 0. The molecule has 0 unspecified atom stereocenters. The normalized spacial score (nSPS) is 10.4. The van der Waals surface area contributed by atoms with Crippen LogP contribution in [0, 0.1) is 4.77 Å². The van der Waals surface area contributed by atoms with Gasteiger partial charge in [0.05, 0.1) is 42.7 Å². The smallest absolute Gasteiger partial charge is 0.270 e. The second kappa shape index (κ2) is 10.1. The number of carbonyl (C=O) groups is 1. The minimum absolute atomic E-state index is 0.166. The van der Waals surface area contributed by atoms with Gasteiger partial charge in [-0.2, -0.15) is 5.10 Å². The summed E-state index contributed by atoms with van der Waals surface area (Å²) >= 11 is 5.32. The Morgan fingerprint density at radius 2 is 1.27 bits per heavy atom. The Morgan fingerprint density at radius 1 is 0.818 bits per heavy atom. The third-order valence-corrected chi connectivity index (χ3v) is 5.01. The molecule has 0 bridgehead atoms. The highest BCUT2D eigenvalue weighted by Gasteiger charge is 2.21. The molecule has 1 aromatic heterocycles. The van der Waals surface area contributed by atoms with Gasteiger partial charge in [-0.1, -0.05) is 0 Å². The number of nitrogens with zero attached hydrogens (tertiary/aromatic N) is 2. The Balaban J connectivity index is 2.04. The van der Waals surface area contributed by atoms with Gasteiger partial charge in [-0.25, -0.2) is 9.77 Å². The van der Waals surface area contributed by atoms with Gasteiger partial charge in [0.1, 0.15) is 0 Å². The van der Waals surface area contributed by atoms with Crippen LogP contribution >= 0.6 is 12.2 Å². The van der Waals surface area contributed by atoms with E-state index in [1.165, 1.54) is 59.5 Å². The van der Waals surface area contributed by atoms with E-state index >= 15 is 0 Å². The molecule has 0 fully saturated rings. The van der Waals surface area contributed by atoms with Gasteiger partial charge in [0.25, 0.3) is 5.91 Å². The maximum atomic E-state index is 13.1. The molecule has 2 aromatic carbocycles. The number of benzene rings is 2. The zero-order valence-electron chi connectivity index (χ0n) is 19.0. The van der Waals surface area contributed by atoms with Crippen molar-refractivity contribution in [3.8, 4) is 45.9 Å². The highest BCUT2D eigenvalue weighted by atomic mass is 32.1. The van der Waals surface area contributed by atoms with Gasteiger partial charge < -0.3 is 28.4 Å². The van der Waals surface area contributed by atoms with Crippen LogP contribution in [0.4, 0.5) is 0 Å². The van der Waals surface area contributed by atoms with Crippen molar-refractivity contribution < 1.29 is 33.2 Å². The van der Waals surface area contributed by atoms with E-state index in [1.807, 2.05) is 0 Å². The van der Waals surface area contributed by atoms with Crippen molar-refractivity contribution in [2.75, 3.05) is 48.1 Å². The van der Waals surface area contributed by atoms with Gasteiger partial charge in [-0.3, -0.25) is 10.2 Å². The quantitative estimate of drug-likeness (QED) is 0.449. The molecule has 1 heterocycles. The number of aromatic amines is 1. The fourth-order valence-corrected chi connectivity index (χ4v) is 3.36. The lowest BCUT2D eigenvalue weighted by atomic mass is 10.1. The van der Waals surface area contributed by atoms with E-state index in [0.717, 1.165) is 0 Å². The van der Waals surface area contributed by atoms with E-state index in [9.17, 15) is 4.79 Å². The number of ether oxygens (including phenoxy) is 6. The molecule has 2 N–H and O–H groups in total. The monoisotopic (exact) mass is 476 g/mol. The second-order valence-corrected chi connectivity index (χ2v) is 6.84. The van der Waals surface area contributed by atoms with Crippen LogP contribution in [-0.2, 0) is 0 Å². The summed E-state index contributed by atoms with van der Waals surface area (Å²) < 4.78 is 33.6. The Morgan fingerprint density at radius 3 is 1.70 bits per heavy atom. The van der Waals surface area contributed by atoms with Crippen molar-refractivity contribution in [2.24, 2.45) is 0 Å². The molecule has 11 nitrogen and oxygen atoms in total. The van der Waals surface area contributed by atoms with Crippen LogP contribution in [-0.4, -0.2) is 63.4 Å². The molecule has 0 atom stereocenters. The minimum atomic E-state index is -0.486. The van der Waals surface area contributed by atoms with Crippen LogP contribution in [0.1, 0.15) is 10.4 Å². The molecule has 33 heavy (non-hydrogen) atoms. The van der Waals surface area contributed by atoms with Gasteiger partial charge in [0.2, 0.25) is 16.3 Å². The van der Waals surface area contributed by atoms with Crippen molar-refractivity contribution >= 4 is 18.1 Å². The first kappa shape index (κ1) is 23.7. The van der Waals surface area contributed by atoms with Crippen LogP contribution < -0.4 is 33.8 Å². The molecule has 1 amide bonds. The third-order valence-electron chi connectivity index (χ3n) is 4.74. The summed E-state index contributed by atoms with van der Waals surface area (Å²) in [6.45, 7) is 0. The molecule has 3 rings (SSSR count). The number of methoxy groups -OCH3 is 6. The standard InChI is InChI=1S/C21H24N4O7S/c1-27-13-7-11(8-14(28-2)17(13)31-5)19-22-23-21(33)25(19)24-20(26)12-9-15(29-3)18(32-6)16(10-12)30-4/h7-10H,1-6H3,(H,23,33)(H,24,26). The average Bonchev–Trinajstić information content (AvgIpc) is 3.21. The minimum Gasteiger partial charge on any atom is -0.493 e. The van der Waals surface area contributed by atoms with Crippen LogP contribution in [0.2, 0.25) is 0 Å². The molecule has 0 saturated carbocycles. The predicted octanol–water partition coefficient (Wildman–Crippen LogP) is 3.04. The van der Waals surface area contributed by atoms with E-state index in [0.29, 0.717) is 45.9 Å². The number of hydrogen-bond donors (Lipinski definition) is 2. The van der Waals surface area contributed by atoms with Crippen molar-refractivity contribution in [2.45, 2.75) is 0 Å². The number of nitrogens with one attached hydrogen (secondary N) is 2.